The van der Waals surface area contributed by atoms with Crippen molar-refractivity contribution in [2.45, 2.75) is 26.2 Å². The van der Waals surface area contributed by atoms with E-state index in [1.165, 1.54) is 3.57 Å². The minimum atomic E-state index is -0.117. The first-order valence-electron chi connectivity index (χ1n) is 5.83. The van der Waals surface area contributed by atoms with Crippen molar-refractivity contribution >= 4 is 38.5 Å². The molecule has 1 heterocycles. The molecule has 3 nitrogen and oxygen atoms in total. The van der Waals surface area contributed by atoms with Gasteiger partial charge in [-0.1, -0.05) is 20.8 Å². The highest BCUT2D eigenvalue weighted by atomic mass is 127. The number of halogens is 2. The number of hydrogen-bond donors (Lipinski definition) is 0. The molecular formula is C14H14BrIN2O. The van der Waals surface area contributed by atoms with Crippen LogP contribution in [0.2, 0.25) is 0 Å². The standard InChI is InChI=1S/C14H14BrIN2O/c1-14(2,3)13-17-11(15)8-12(18-13)19-10-6-4-9(16)5-7-10/h4-8H,1-3H3. The monoisotopic (exact) mass is 432 g/mol. The molecule has 0 spiro atoms. The van der Waals surface area contributed by atoms with E-state index in [1.807, 2.05) is 24.3 Å². The van der Waals surface area contributed by atoms with E-state index in [9.17, 15) is 0 Å². The molecule has 0 radical (unpaired) electrons. The topological polar surface area (TPSA) is 35.0 Å². The number of ether oxygens (including phenoxy) is 1. The van der Waals surface area contributed by atoms with E-state index in [4.69, 9.17) is 4.74 Å². The Labute approximate surface area is 135 Å². The van der Waals surface area contributed by atoms with Crippen LogP contribution in [0.3, 0.4) is 0 Å². The van der Waals surface area contributed by atoms with Crippen molar-refractivity contribution in [3.63, 3.8) is 0 Å². The fraction of sp³-hybridized carbons (Fsp3) is 0.286. The summed E-state index contributed by atoms with van der Waals surface area (Å²) in [5, 5.41) is 0. The van der Waals surface area contributed by atoms with Crippen LogP contribution in [-0.4, -0.2) is 9.97 Å². The van der Waals surface area contributed by atoms with Crippen molar-refractivity contribution in [1.82, 2.24) is 9.97 Å². The quantitative estimate of drug-likeness (QED) is 0.498. The van der Waals surface area contributed by atoms with Crippen molar-refractivity contribution < 1.29 is 4.74 Å². The van der Waals surface area contributed by atoms with Gasteiger partial charge < -0.3 is 4.74 Å². The van der Waals surface area contributed by atoms with Gasteiger partial charge >= 0.3 is 0 Å². The van der Waals surface area contributed by atoms with Gasteiger partial charge in [0.25, 0.3) is 0 Å². The molecule has 2 rings (SSSR count). The van der Waals surface area contributed by atoms with Crippen molar-refractivity contribution in [3.8, 4) is 11.6 Å². The van der Waals surface area contributed by atoms with E-state index in [1.54, 1.807) is 6.07 Å². The van der Waals surface area contributed by atoms with E-state index in [2.05, 4.69) is 69.3 Å². The summed E-state index contributed by atoms with van der Waals surface area (Å²) < 4.78 is 7.67. The second kappa shape index (κ2) is 5.75. The Morgan fingerprint density at radius 3 is 2.32 bits per heavy atom. The first-order chi connectivity index (χ1) is 8.84. The summed E-state index contributed by atoms with van der Waals surface area (Å²) in [6.45, 7) is 6.22. The third kappa shape index (κ3) is 4.14. The van der Waals surface area contributed by atoms with E-state index in [0.29, 0.717) is 5.88 Å². The van der Waals surface area contributed by atoms with Gasteiger partial charge in [-0.15, -0.1) is 0 Å². The van der Waals surface area contributed by atoms with Gasteiger partial charge in [-0.25, -0.2) is 4.98 Å². The third-order valence-electron chi connectivity index (χ3n) is 2.38. The molecule has 0 N–H and O–H groups in total. The van der Waals surface area contributed by atoms with Crippen molar-refractivity contribution in [2.75, 3.05) is 0 Å². The van der Waals surface area contributed by atoms with Crippen molar-refractivity contribution in [1.29, 1.82) is 0 Å². The summed E-state index contributed by atoms with van der Waals surface area (Å²) in [5.74, 6) is 2.07. The van der Waals surface area contributed by atoms with Crippen LogP contribution < -0.4 is 4.74 Å². The maximum Gasteiger partial charge on any atom is 0.223 e. The molecule has 0 aliphatic heterocycles. The van der Waals surface area contributed by atoms with Crippen LogP contribution in [0.15, 0.2) is 34.9 Å². The SMILES string of the molecule is CC(C)(C)c1nc(Br)cc(Oc2ccc(I)cc2)n1. The molecule has 100 valence electrons. The zero-order chi connectivity index (χ0) is 14.0. The highest BCUT2D eigenvalue weighted by Crippen LogP contribution is 2.26. The van der Waals surface area contributed by atoms with Crippen molar-refractivity contribution in [3.05, 3.63) is 44.3 Å². The van der Waals surface area contributed by atoms with Crippen LogP contribution in [0.1, 0.15) is 26.6 Å². The Morgan fingerprint density at radius 2 is 1.74 bits per heavy atom. The number of benzene rings is 1. The highest BCUT2D eigenvalue weighted by molar-refractivity contribution is 14.1. The summed E-state index contributed by atoms with van der Waals surface area (Å²) in [6, 6.07) is 9.61. The molecule has 0 saturated heterocycles. The van der Waals surface area contributed by atoms with Gasteiger partial charge in [0.05, 0.1) is 0 Å². The van der Waals surface area contributed by atoms with E-state index >= 15 is 0 Å². The van der Waals surface area contributed by atoms with Crippen LogP contribution in [0.5, 0.6) is 11.6 Å². The summed E-state index contributed by atoms with van der Waals surface area (Å²) in [6.07, 6.45) is 0. The van der Waals surface area contributed by atoms with Gasteiger partial charge in [-0.05, 0) is 62.8 Å². The molecule has 0 aliphatic carbocycles. The molecule has 0 amide bonds. The zero-order valence-electron chi connectivity index (χ0n) is 10.9. The van der Waals surface area contributed by atoms with Gasteiger partial charge in [0.15, 0.2) is 0 Å². The lowest BCUT2D eigenvalue weighted by Gasteiger charge is -2.17. The number of nitrogens with zero attached hydrogens (tertiary/aromatic N) is 2. The van der Waals surface area contributed by atoms with Crippen LogP contribution in [0.25, 0.3) is 0 Å². The molecule has 1 aromatic heterocycles. The molecule has 0 saturated carbocycles. The maximum atomic E-state index is 5.77. The summed E-state index contributed by atoms with van der Waals surface area (Å²) in [4.78, 5) is 8.84. The molecule has 0 bridgehead atoms. The maximum absolute atomic E-state index is 5.77. The number of rotatable bonds is 2. The van der Waals surface area contributed by atoms with Crippen LogP contribution in [0, 0.1) is 3.57 Å². The predicted molar refractivity (Wildman–Crippen MR) is 87.7 cm³/mol. The first-order valence-corrected chi connectivity index (χ1v) is 7.70. The normalized spacial score (nSPS) is 11.4. The summed E-state index contributed by atoms with van der Waals surface area (Å²) in [5.41, 5.74) is -0.117. The Balaban J connectivity index is 2.30. The van der Waals surface area contributed by atoms with Gasteiger partial charge in [0.1, 0.15) is 16.2 Å². The lowest BCUT2D eigenvalue weighted by Crippen LogP contribution is -2.16. The molecule has 0 unspecified atom stereocenters. The van der Waals surface area contributed by atoms with Gasteiger partial charge in [0.2, 0.25) is 5.88 Å². The molecular weight excluding hydrogens is 419 g/mol. The highest BCUT2D eigenvalue weighted by Gasteiger charge is 2.19. The molecule has 0 fully saturated rings. The lowest BCUT2D eigenvalue weighted by molar-refractivity contribution is 0.444. The Kier molecular flexibility index (Phi) is 4.45. The van der Waals surface area contributed by atoms with Gasteiger partial charge in [-0.2, -0.15) is 4.98 Å². The molecule has 0 aliphatic rings. The minimum absolute atomic E-state index is 0.117. The van der Waals surface area contributed by atoms with Gasteiger partial charge in [-0.3, -0.25) is 0 Å². The lowest BCUT2D eigenvalue weighted by atomic mass is 9.96. The van der Waals surface area contributed by atoms with Gasteiger partial charge in [0, 0.05) is 15.1 Å². The van der Waals surface area contributed by atoms with E-state index in [0.717, 1.165) is 16.2 Å². The second-order valence-electron chi connectivity index (χ2n) is 5.16. The second-order valence-corrected chi connectivity index (χ2v) is 7.22. The predicted octanol–water partition coefficient (Wildman–Crippen LogP) is 4.93. The Hall–Kier alpha value is -0.690. The van der Waals surface area contributed by atoms with Crippen LogP contribution in [0.4, 0.5) is 0 Å². The minimum Gasteiger partial charge on any atom is -0.439 e. The molecule has 5 heteroatoms. The fourth-order valence-corrected chi connectivity index (χ4v) is 2.13. The summed E-state index contributed by atoms with van der Waals surface area (Å²) >= 11 is 5.66. The average molecular weight is 433 g/mol. The van der Waals surface area contributed by atoms with E-state index in [-0.39, 0.29) is 5.41 Å². The Bertz CT molecular complexity index is 579. The largest absolute Gasteiger partial charge is 0.439 e. The smallest absolute Gasteiger partial charge is 0.223 e. The summed E-state index contributed by atoms with van der Waals surface area (Å²) in [7, 11) is 0. The fourth-order valence-electron chi connectivity index (χ4n) is 1.41. The third-order valence-corrected chi connectivity index (χ3v) is 3.50. The molecule has 19 heavy (non-hydrogen) atoms. The van der Waals surface area contributed by atoms with Crippen LogP contribution in [-0.2, 0) is 5.41 Å². The van der Waals surface area contributed by atoms with Crippen molar-refractivity contribution in [2.24, 2.45) is 0 Å². The zero-order valence-corrected chi connectivity index (χ0v) is 14.7. The molecule has 1 aromatic carbocycles. The van der Waals surface area contributed by atoms with E-state index < -0.39 is 0 Å². The van der Waals surface area contributed by atoms with Crippen LogP contribution >= 0.6 is 38.5 Å². The number of hydrogen-bond acceptors (Lipinski definition) is 3. The Morgan fingerprint density at radius 1 is 1.11 bits per heavy atom. The first kappa shape index (κ1) is 14.7. The molecule has 2 aromatic rings. The number of aromatic nitrogens is 2. The molecule has 0 atom stereocenters. The average Bonchev–Trinajstić information content (AvgIpc) is 2.30.